The lowest BCUT2D eigenvalue weighted by molar-refractivity contribution is -0.163. The molecule has 2 heterocycles. The number of nitrogens with zero attached hydrogens (tertiary/aromatic N) is 1. The van der Waals surface area contributed by atoms with Crippen molar-refractivity contribution in [2.45, 2.75) is 51.4 Å². The van der Waals surface area contributed by atoms with E-state index in [1.165, 1.54) is 19.1 Å². The predicted molar refractivity (Wildman–Crippen MR) is 131 cm³/mol. The molecule has 2 aromatic rings. The lowest BCUT2D eigenvalue weighted by Gasteiger charge is -2.40. The Bertz CT molecular complexity index is 1290. The smallest absolute Gasteiger partial charge is 0.419 e. The summed E-state index contributed by atoms with van der Waals surface area (Å²) in [5.74, 6) is -2.14. The normalized spacial score (nSPS) is 17.3. The molecule has 1 amide bonds. The molecular formula is C27H29NO9. The van der Waals surface area contributed by atoms with Gasteiger partial charge in [0.05, 0.1) is 44.4 Å². The molecule has 1 spiro atoms. The summed E-state index contributed by atoms with van der Waals surface area (Å²) in [6.07, 6.45) is 0.387. The Balaban J connectivity index is 1.84. The van der Waals surface area contributed by atoms with Crippen LogP contribution in [0.1, 0.15) is 59.0 Å². The molecule has 1 aliphatic carbocycles. The van der Waals surface area contributed by atoms with Gasteiger partial charge < -0.3 is 28.4 Å². The fraction of sp³-hybridized carbons (Fsp3) is 0.444. The highest BCUT2D eigenvalue weighted by atomic mass is 16.7. The zero-order valence-electron chi connectivity index (χ0n) is 21.5. The summed E-state index contributed by atoms with van der Waals surface area (Å²) in [5, 5.41) is 0. The van der Waals surface area contributed by atoms with Gasteiger partial charge in [-0.1, -0.05) is 12.1 Å². The molecule has 0 aromatic heterocycles. The molecule has 0 unspecified atom stereocenters. The average Bonchev–Trinajstić information content (AvgIpc) is 3.31. The van der Waals surface area contributed by atoms with Crippen LogP contribution in [0, 0.1) is 0 Å². The molecule has 10 nitrogen and oxygen atoms in total. The number of rotatable bonds is 2. The fourth-order valence-electron chi connectivity index (χ4n) is 5.11. The zero-order chi connectivity index (χ0) is 26.5. The molecule has 0 N–H and O–H groups in total. The molecule has 3 aliphatic rings. The number of fused-ring (bicyclic) bond motifs is 4. The van der Waals surface area contributed by atoms with Crippen molar-refractivity contribution < 1.29 is 42.8 Å². The van der Waals surface area contributed by atoms with E-state index in [9.17, 15) is 14.4 Å². The van der Waals surface area contributed by atoms with Crippen LogP contribution in [-0.2, 0) is 36.5 Å². The van der Waals surface area contributed by atoms with Crippen molar-refractivity contribution in [1.82, 2.24) is 0 Å². The maximum atomic E-state index is 13.7. The van der Waals surface area contributed by atoms with E-state index < -0.39 is 29.4 Å². The Morgan fingerprint density at radius 3 is 2.24 bits per heavy atom. The van der Waals surface area contributed by atoms with Crippen LogP contribution in [0.5, 0.6) is 11.5 Å². The minimum absolute atomic E-state index is 0.00444. The van der Waals surface area contributed by atoms with Gasteiger partial charge in [-0.2, -0.15) is 0 Å². The van der Waals surface area contributed by atoms with Crippen molar-refractivity contribution in [2.24, 2.45) is 0 Å². The number of para-hydroxylation sites is 2. The standard InChI is InChI=1S/C27H29NO9/c1-26(2,3)37-25(31)28-17-8-6-7-9-18(17)36-22-20(24(30)33-5)19(23(29)32-4)16-14-27(34-12-13-35-27)11-10-15(16)21(22)28/h6-9H,10-14H2,1-5H3. The van der Waals surface area contributed by atoms with E-state index in [0.717, 1.165) is 0 Å². The highest BCUT2D eigenvalue weighted by molar-refractivity contribution is 6.12. The molecule has 10 heteroatoms. The summed E-state index contributed by atoms with van der Waals surface area (Å²) >= 11 is 0. The third-order valence-electron chi connectivity index (χ3n) is 6.56. The van der Waals surface area contributed by atoms with Crippen molar-refractivity contribution in [3.05, 3.63) is 46.5 Å². The van der Waals surface area contributed by atoms with E-state index in [1.54, 1.807) is 45.0 Å². The minimum atomic E-state index is -0.943. The summed E-state index contributed by atoms with van der Waals surface area (Å²) in [5.41, 5.74) is 0.970. The maximum Gasteiger partial charge on any atom is 0.419 e. The number of hydrogen-bond donors (Lipinski definition) is 0. The second-order valence-corrected chi connectivity index (χ2v) is 10.0. The van der Waals surface area contributed by atoms with Crippen molar-refractivity contribution in [3.63, 3.8) is 0 Å². The first kappa shape index (κ1) is 25.0. The van der Waals surface area contributed by atoms with Gasteiger partial charge in [-0.3, -0.25) is 0 Å². The fourth-order valence-corrected chi connectivity index (χ4v) is 5.11. The number of carbonyl (C=O) groups excluding carboxylic acids is 3. The van der Waals surface area contributed by atoms with E-state index in [4.69, 9.17) is 28.4 Å². The van der Waals surface area contributed by atoms with Crippen LogP contribution < -0.4 is 9.64 Å². The number of amides is 1. The number of benzene rings is 2. The van der Waals surface area contributed by atoms with Gasteiger partial charge in [0.1, 0.15) is 11.2 Å². The Labute approximate surface area is 214 Å². The Morgan fingerprint density at radius 2 is 1.59 bits per heavy atom. The minimum Gasteiger partial charge on any atom is -0.465 e. The first-order chi connectivity index (χ1) is 17.6. The molecule has 37 heavy (non-hydrogen) atoms. The van der Waals surface area contributed by atoms with Crippen LogP contribution in [0.3, 0.4) is 0 Å². The number of carbonyl (C=O) groups is 3. The third-order valence-corrected chi connectivity index (χ3v) is 6.56. The largest absolute Gasteiger partial charge is 0.465 e. The van der Waals surface area contributed by atoms with Crippen LogP contribution in [-0.4, -0.2) is 56.9 Å². The van der Waals surface area contributed by atoms with Gasteiger partial charge in [-0.05, 0) is 50.5 Å². The molecule has 2 aliphatic heterocycles. The first-order valence-electron chi connectivity index (χ1n) is 12.1. The molecule has 2 aromatic carbocycles. The van der Waals surface area contributed by atoms with Gasteiger partial charge in [0, 0.05) is 12.8 Å². The summed E-state index contributed by atoms with van der Waals surface area (Å²) in [4.78, 5) is 41.5. The number of ether oxygens (including phenoxy) is 6. The van der Waals surface area contributed by atoms with Gasteiger partial charge in [0.25, 0.3) is 0 Å². The van der Waals surface area contributed by atoms with Gasteiger partial charge >= 0.3 is 18.0 Å². The Morgan fingerprint density at radius 1 is 0.946 bits per heavy atom. The molecule has 1 fully saturated rings. The highest BCUT2D eigenvalue weighted by Crippen LogP contribution is 2.55. The lowest BCUT2D eigenvalue weighted by atomic mass is 9.80. The van der Waals surface area contributed by atoms with Crippen LogP contribution in [0.4, 0.5) is 16.2 Å². The number of hydrogen-bond acceptors (Lipinski definition) is 9. The Kier molecular flexibility index (Phi) is 6.12. The quantitative estimate of drug-likeness (QED) is 0.420. The maximum absolute atomic E-state index is 13.7. The molecule has 1 saturated heterocycles. The second kappa shape index (κ2) is 9.04. The van der Waals surface area contributed by atoms with Crippen LogP contribution in [0.25, 0.3) is 0 Å². The molecule has 0 atom stereocenters. The van der Waals surface area contributed by atoms with Crippen LogP contribution in [0.15, 0.2) is 24.3 Å². The monoisotopic (exact) mass is 511 g/mol. The van der Waals surface area contributed by atoms with E-state index >= 15 is 0 Å². The summed E-state index contributed by atoms with van der Waals surface area (Å²) < 4.78 is 34.1. The summed E-state index contributed by atoms with van der Waals surface area (Å²) in [7, 11) is 2.45. The molecular weight excluding hydrogens is 482 g/mol. The molecule has 0 bridgehead atoms. The van der Waals surface area contributed by atoms with E-state index in [2.05, 4.69) is 0 Å². The number of esters is 2. The van der Waals surface area contributed by atoms with Crippen LogP contribution >= 0.6 is 0 Å². The van der Waals surface area contributed by atoms with Gasteiger partial charge in [-0.15, -0.1) is 0 Å². The van der Waals surface area contributed by atoms with Crippen molar-refractivity contribution in [1.29, 1.82) is 0 Å². The second-order valence-electron chi connectivity index (χ2n) is 10.0. The molecule has 0 radical (unpaired) electrons. The SMILES string of the molecule is COC(=O)c1c2c(c3c(c1C(=O)OC)Oc1ccccc1N3C(=O)OC(C)(C)C)CCC1(C2)OCCO1. The molecule has 5 rings (SSSR count). The van der Waals surface area contributed by atoms with E-state index in [1.807, 2.05) is 0 Å². The van der Waals surface area contributed by atoms with Gasteiger partial charge in [-0.25, -0.2) is 19.3 Å². The van der Waals surface area contributed by atoms with Crippen molar-refractivity contribution in [3.8, 4) is 11.5 Å². The van der Waals surface area contributed by atoms with E-state index in [-0.39, 0.29) is 23.3 Å². The van der Waals surface area contributed by atoms with Crippen molar-refractivity contribution in [2.75, 3.05) is 32.3 Å². The lowest BCUT2D eigenvalue weighted by Crippen LogP contribution is -2.41. The first-order valence-corrected chi connectivity index (χ1v) is 12.1. The number of methoxy groups -OCH3 is 2. The topological polar surface area (TPSA) is 110 Å². The zero-order valence-corrected chi connectivity index (χ0v) is 21.5. The molecule has 0 saturated carbocycles. The van der Waals surface area contributed by atoms with Gasteiger partial charge in [0.2, 0.25) is 0 Å². The number of anilines is 2. The van der Waals surface area contributed by atoms with Gasteiger partial charge in [0.15, 0.2) is 17.3 Å². The summed E-state index contributed by atoms with van der Waals surface area (Å²) in [6.45, 7) is 6.14. The highest BCUT2D eigenvalue weighted by Gasteiger charge is 2.47. The predicted octanol–water partition coefficient (Wildman–Crippen LogP) is 4.67. The third kappa shape index (κ3) is 4.19. The van der Waals surface area contributed by atoms with Crippen LogP contribution in [0.2, 0.25) is 0 Å². The average molecular weight is 512 g/mol. The molecule has 196 valence electrons. The Hall–Kier alpha value is -3.63. The van der Waals surface area contributed by atoms with E-state index in [0.29, 0.717) is 54.3 Å². The summed E-state index contributed by atoms with van der Waals surface area (Å²) in [6, 6.07) is 6.92. The van der Waals surface area contributed by atoms with Crippen molar-refractivity contribution >= 4 is 29.4 Å².